The van der Waals surface area contributed by atoms with Crippen LogP contribution in [0.3, 0.4) is 0 Å². The molecule has 0 heterocycles. The van der Waals surface area contributed by atoms with Gasteiger partial charge in [0.25, 0.3) is 10.0 Å². The van der Waals surface area contributed by atoms with E-state index < -0.39 is 16.1 Å². The van der Waals surface area contributed by atoms with Crippen molar-refractivity contribution in [2.75, 3.05) is 27.4 Å². The van der Waals surface area contributed by atoms with Gasteiger partial charge in [-0.05, 0) is 12.1 Å². The normalized spacial score (nSPS) is 10.9. The Morgan fingerprint density at radius 1 is 1.20 bits per heavy atom. The summed E-state index contributed by atoms with van der Waals surface area (Å²) < 4.78 is 36.0. The fourth-order valence-corrected chi connectivity index (χ4v) is 2.36. The van der Waals surface area contributed by atoms with Gasteiger partial charge in [0, 0.05) is 7.11 Å². The largest absolute Gasteiger partial charge is 0.490 e. The molecule has 8 nitrogen and oxygen atoms in total. The molecule has 1 rings (SSSR count). The van der Waals surface area contributed by atoms with Gasteiger partial charge in [0.05, 0.1) is 13.7 Å². The summed E-state index contributed by atoms with van der Waals surface area (Å²) in [5.41, 5.74) is 1.85. The maximum atomic E-state index is 12.0. The molecule has 0 unspecified atom stereocenters. The number of nitrogens with one attached hydrogen (secondary N) is 2. The zero-order chi connectivity index (χ0) is 15.0. The number of carbonyl (C=O) groups excluding carboxylic acids is 1. The lowest BCUT2D eigenvalue weighted by atomic mass is 10.3. The molecule has 2 N–H and O–H groups in total. The molecule has 0 saturated carbocycles. The van der Waals surface area contributed by atoms with Gasteiger partial charge in [0.15, 0.2) is 0 Å². The van der Waals surface area contributed by atoms with E-state index in [0.29, 0.717) is 6.61 Å². The fraction of sp³-hybridized carbons (Fsp3) is 0.364. The number of hydroxylamine groups is 1. The van der Waals surface area contributed by atoms with E-state index in [-0.39, 0.29) is 17.3 Å². The van der Waals surface area contributed by atoms with Gasteiger partial charge in [-0.1, -0.05) is 12.1 Å². The van der Waals surface area contributed by atoms with Gasteiger partial charge in [0.2, 0.25) is 0 Å². The highest BCUT2D eigenvalue weighted by molar-refractivity contribution is 7.90. The van der Waals surface area contributed by atoms with Crippen LogP contribution >= 0.6 is 0 Å². The Hall–Kier alpha value is -1.84. The summed E-state index contributed by atoms with van der Waals surface area (Å²) in [6, 6.07) is 4.95. The van der Waals surface area contributed by atoms with Gasteiger partial charge in [-0.3, -0.25) is 4.84 Å². The van der Waals surface area contributed by atoms with Gasteiger partial charge in [0.1, 0.15) is 17.3 Å². The zero-order valence-corrected chi connectivity index (χ0v) is 11.9. The predicted octanol–water partition coefficient (Wildman–Crippen LogP) is 0.261. The van der Waals surface area contributed by atoms with Crippen molar-refractivity contribution in [2.24, 2.45) is 0 Å². The monoisotopic (exact) mass is 304 g/mol. The van der Waals surface area contributed by atoms with Gasteiger partial charge < -0.3 is 9.47 Å². The SMILES string of the molecule is COCCOc1ccccc1S(=O)(=O)NC(=O)NOC. The summed E-state index contributed by atoms with van der Waals surface area (Å²) in [4.78, 5) is 15.4. The molecule has 112 valence electrons. The molecule has 2 amide bonds. The van der Waals surface area contributed by atoms with Crippen molar-refractivity contribution in [3.8, 4) is 5.75 Å². The third-order valence-corrected chi connectivity index (χ3v) is 3.48. The number of ether oxygens (including phenoxy) is 2. The Balaban J connectivity index is 2.91. The molecule has 0 aliphatic rings. The minimum atomic E-state index is -4.06. The first kappa shape index (κ1) is 16.2. The second-order valence-corrected chi connectivity index (χ2v) is 5.18. The Labute approximate surface area is 117 Å². The number of amides is 2. The Morgan fingerprint density at radius 2 is 1.90 bits per heavy atom. The number of hydrogen-bond donors (Lipinski definition) is 2. The molecule has 0 radical (unpaired) electrons. The average Bonchev–Trinajstić information content (AvgIpc) is 2.39. The lowest BCUT2D eigenvalue weighted by Crippen LogP contribution is -2.38. The summed E-state index contributed by atoms with van der Waals surface area (Å²) in [7, 11) is -1.37. The maximum Gasteiger partial charge on any atom is 0.352 e. The molecular formula is C11H16N2O6S. The highest BCUT2D eigenvalue weighted by Gasteiger charge is 2.21. The standard InChI is InChI=1S/C11H16N2O6S/c1-17-7-8-19-9-5-3-4-6-10(9)20(15,16)13-11(14)12-18-2/h3-6H,7-8H2,1-2H3,(H2,12,13,14). The molecule has 0 bridgehead atoms. The molecule has 0 aliphatic heterocycles. The molecule has 9 heteroatoms. The van der Waals surface area contributed by atoms with Gasteiger partial charge in [-0.2, -0.15) is 0 Å². The van der Waals surface area contributed by atoms with E-state index in [1.807, 2.05) is 5.48 Å². The number of urea groups is 1. The van der Waals surface area contributed by atoms with E-state index in [2.05, 4.69) is 4.84 Å². The van der Waals surface area contributed by atoms with Crippen LogP contribution in [0.5, 0.6) is 5.75 Å². The number of para-hydroxylation sites is 1. The van der Waals surface area contributed by atoms with Crippen molar-refractivity contribution < 1.29 is 27.5 Å². The van der Waals surface area contributed by atoms with Crippen molar-refractivity contribution in [3.05, 3.63) is 24.3 Å². The minimum Gasteiger partial charge on any atom is -0.490 e. The summed E-state index contributed by atoms with van der Waals surface area (Å²) in [5.74, 6) is 0.127. The van der Waals surface area contributed by atoms with Crippen LogP contribution in [0.15, 0.2) is 29.2 Å². The Morgan fingerprint density at radius 3 is 2.55 bits per heavy atom. The third-order valence-electron chi connectivity index (χ3n) is 2.11. The van der Waals surface area contributed by atoms with Crippen LogP contribution < -0.4 is 14.9 Å². The maximum absolute atomic E-state index is 12.0. The van der Waals surface area contributed by atoms with Gasteiger partial charge in [-0.25, -0.2) is 23.4 Å². The molecule has 0 atom stereocenters. The van der Waals surface area contributed by atoms with Crippen LogP contribution in [0.4, 0.5) is 4.79 Å². The van der Waals surface area contributed by atoms with Gasteiger partial charge in [-0.15, -0.1) is 0 Å². The second-order valence-electron chi connectivity index (χ2n) is 3.53. The summed E-state index contributed by atoms with van der Waals surface area (Å²) >= 11 is 0. The number of sulfonamides is 1. The number of hydrogen-bond acceptors (Lipinski definition) is 6. The van der Waals surface area contributed by atoms with Crippen molar-refractivity contribution >= 4 is 16.1 Å². The molecule has 0 spiro atoms. The molecule has 1 aromatic rings. The number of methoxy groups -OCH3 is 1. The molecule has 0 saturated heterocycles. The van der Waals surface area contributed by atoms with Crippen LogP contribution in [0.25, 0.3) is 0 Å². The van der Waals surface area contributed by atoms with Crippen LogP contribution in [-0.2, 0) is 19.6 Å². The van der Waals surface area contributed by atoms with Crippen LogP contribution in [0, 0.1) is 0 Å². The first-order valence-electron chi connectivity index (χ1n) is 5.58. The smallest absolute Gasteiger partial charge is 0.352 e. The van der Waals surface area contributed by atoms with E-state index in [9.17, 15) is 13.2 Å². The number of carbonyl (C=O) groups is 1. The summed E-state index contributed by atoms with van der Waals surface area (Å²) in [6.07, 6.45) is 0. The predicted molar refractivity (Wildman–Crippen MR) is 69.7 cm³/mol. The van der Waals surface area contributed by atoms with Gasteiger partial charge >= 0.3 is 6.03 Å². The highest BCUT2D eigenvalue weighted by atomic mass is 32.2. The fourth-order valence-electron chi connectivity index (χ4n) is 1.32. The van der Waals surface area contributed by atoms with Crippen molar-refractivity contribution in [2.45, 2.75) is 4.90 Å². The minimum absolute atomic E-state index is 0.127. The van der Waals surface area contributed by atoms with Crippen molar-refractivity contribution in [3.63, 3.8) is 0 Å². The first-order chi connectivity index (χ1) is 9.51. The third kappa shape index (κ3) is 4.68. The first-order valence-corrected chi connectivity index (χ1v) is 7.06. The van der Waals surface area contributed by atoms with E-state index in [1.165, 1.54) is 32.4 Å². The van der Waals surface area contributed by atoms with E-state index in [1.54, 1.807) is 10.8 Å². The lowest BCUT2D eigenvalue weighted by Gasteiger charge is -2.12. The molecule has 0 aliphatic carbocycles. The topological polar surface area (TPSA) is 103 Å². The highest BCUT2D eigenvalue weighted by Crippen LogP contribution is 2.22. The lowest BCUT2D eigenvalue weighted by molar-refractivity contribution is 0.110. The second kappa shape index (κ2) is 7.68. The van der Waals surface area contributed by atoms with Crippen molar-refractivity contribution in [1.82, 2.24) is 10.2 Å². The number of rotatable bonds is 7. The summed E-state index contributed by atoms with van der Waals surface area (Å²) in [5, 5.41) is 0. The van der Waals surface area contributed by atoms with Crippen LogP contribution in [-0.4, -0.2) is 41.9 Å². The zero-order valence-electron chi connectivity index (χ0n) is 11.1. The molecule has 20 heavy (non-hydrogen) atoms. The molecule has 0 aromatic heterocycles. The van der Waals surface area contributed by atoms with E-state index in [0.717, 1.165) is 0 Å². The molecule has 0 fully saturated rings. The van der Waals surface area contributed by atoms with E-state index in [4.69, 9.17) is 9.47 Å². The van der Waals surface area contributed by atoms with Crippen LogP contribution in [0.2, 0.25) is 0 Å². The molecular weight excluding hydrogens is 288 g/mol. The van der Waals surface area contributed by atoms with Crippen molar-refractivity contribution in [1.29, 1.82) is 0 Å². The number of benzene rings is 1. The molecule has 1 aromatic carbocycles. The average molecular weight is 304 g/mol. The van der Waals surface area contributed by atoms with Crippen LogP contribution in [0.1, 0.15) is 0 Å². The Bertz CT molecular complexity index is 546. The van der Waals surface area contributed by atoms with E-state index >= 15 is 0 Å². The Kier molecular flexibility index (Phi) is 6.22. The summed E-state index contributed by atoms with van der Waals surface area (Å²) in [6.45, 7) is 0.499. The quantitative estimate of drug-likeness (QED) is 0.553.